The molecule has 0 bridgehead atoms. The zero-order valence-electron chi connectivity index (χ0n) is 14.2. The molecule has 6 nitrogen and oxygen atoms in total. The van der Waals surface area contributed by atoms with Crippen molar-refractivity contribution in [2.24, 2.45) is 0 Å². The second-order valence-electron chi connectivity index (χ2n) is 6.04. The third kappa shape index (κ3) is 3.78. The van der Waals surface area contributed by atoms with Gasteiger partial charge in [-0.05, 0) is 36.4 Å². The fraction of sp³-hybridized carbons (Fsp3) is 0.211. The van der Waals surface area contributed by atoms with Crippen LogP contribution in [0.25, 0.3) is 11.3 Å². The largest absolute Gasteiger partial charge is 0.354 e. The quantitative estimate of drug-likeness (QED) is 0.754. The summed E-state index contributed by atoms with van der Waals surface area (Å²) in [5.74, 6) is 1.08. The SMILES string of the molecule is Fc1cccc(Nc2nccc(-c3ccc(N4CCNCC4)nc3)n2)c1. The molecule has 3 aromatic rings. The van der Waals surface area contributed by atoms with Crippen molar-refractivity contribution in [2.75, 3.05) is 36.4 Å². The summed E-state index contributed by atoms with van der Waals surface area (Å²) in [7, 11) is 0. The third-order valence-electron chi connectivity index (χ3n) is 4.22. The van der Waals surface area contributed by atoms with Gasteiger partial charge < -0.3 is 15.5 Å². The first-order valence-electron chi connectivity index (χ1n) is 8.56. The highest BCUT2D eigenvalue weighted by Gasteiger charge is 2.12. The van der Waals surface area contributed by atoms with Gasteiger partial charge in [-0.1, -0.05) is 6.07 Å². The second-order valence-corrected chi connectivity index (χ2v) is 6.04. The Labute approximate surface area is 151 Å². The molecule has 2 aromatic heterocycles. The number of aromatic nitrogens is 3. The molecule has 0 unspecified atom stereocenters. The number of benzene rings is 1. The molecule has 0 atom stereocenters. The Hall–Kier alpha value is -3.06. The highest BCUT2D eigenvalue weighted by Crippen LogP contribution is 2.21. The number of nitrogens with zero attached hydrogens (tertiary/aromatic N) is 4. The summed E-state index contributed by atoms with van der Waals surface area (Å²) in [6.45, 7) is 3.87. The van der Waals surface area contributed by atoms with Gasteiger partial charge in [-0.3, -0.25) is 0 Å². The van der Waals surface area contributed by atoms with Gasteiger partial charge in [-0.25, -0.2) is 19.3 Å². The maximum Gasteiger partial charge on any atom is 0.227 e. The van der Waals surface area contributed by atoms with Crippen LogP contribution in [-0.2, 0) is 0 Å². The molecule has 3 heterocycles. The minimum atomic E-state index is -0.307. The molecule has 0 saturated carbocycles. The first kappa shape index (κ1) is 16.4. The molecule has 1 aliphatic heterocycles. The number of hydrogen-bond acceptors (Lipinski definition) is 6. The van der Waals surface area contributed by atoms with Crippen molar-refractivity contribution in [1.29, 1.82) is 0 Å². The van der Waals surface area contributed by atoms with Gasteiger partial charge in [0.25, 0.3) is 0 Å². The van der Waals surface area contributed by atoms with Crippen LogP contribution >= 0.6 is 0 Å². The fourth-order valence-corrected chi connectivity index (χ4v) is 2.89. The molecule has 0 aliphatic carbocycles. The number of hydrogen-bond donors (Lipinski definition) is 2. The fourth-order valence-electron chi connectivity index (χ4n) is 2.89. The van der Waals surface area contributed by atoms with E-state index in [1.54, 1.807) is 18.3 Å². The van der Waals surface area contributed by atoms with E-state index in [0.717, 1.165) is 43.3 Å². The van der Waals surface area contributed by atoms with E-state index in [0.29, 0.717) is 11.6 Å². The summed E-state index contributed by atoms with van der Waals surface area (Å²) in [5, 5.41) is 6.35. The average Bonchev–Trinajstić information content (AvgIpc) is 2.69. The number of halogens is 1. The summed E-state index contributed by atoms with van der Waals surface area (Å²) in [5.41, 5.74) is 2.28. The molecule has 132 valence electrons. The Balaban J connectivity index is 1.52. The van der Waals surface area contributed by atoms with Crippen LogP contribution in [0.1, 0.15) is 0 Å². The first-order valence-corrected chi connectivity index (χ1v) is 8.56. The van der Waals surface area contributed by atoms with E-state index in [4.69, 9.17) is 0 Å². The van der Waals surface area contributed by atoms with Gasteiger partial charge >= 0.3 is 0 Å². The predicted molar refractivity (Wildman–Crippen MR) is 100 cm³/mol. The van der Waals surface area contributed by atoms with Crippen LogP contribution in [0, 0.1) is 5.82 Å². The van der Waals surface area contributed by atoms with Gasteiger partial charge in [0.1, 0.15) is 11.6 Å². The summed E-state index contributed by atoms with van der Waals surface area (Å²) in [6.07, 6.45) is 3.50. The Kier molecular flexibility index (Phi) is 4.70. The predicted octanol–water partition coefficient (Wildman–Crippen LogP) is 2.83. The lowest BCUT2D eigenvalue weighted by Crippen LogP contribution is -2.43. The molecule has 0 spiro atoms. The summed E-state index contributed by atoms with van der Waals surface area (Å²) < 4.78 is 13.3. The van der Waals surface area contributed by atoms with Gasteiger partial charge in [0.15, 0.2) is 0 Å². The van der Waals surface area contributed by atoms with Crippen molar-refractivity contribution >= 4 is 17.5 Å². The van der Waals surface area contributed by atoms with Gasteiger partial charge in [0, 0.05) is 49.8 Å². The molecule has 1 fully saturated rings. The normalized spacial score (nSPS) is 14.3. The van der Waals surface area contributed by atoms with Crippen molar-refractivity contribution in [2.45, 2.75) is 0 Å². The van der Waals surface area contributed by atoms with Crippen LogP contribution in [0.2, 0.25) is 0 Å². The molecule has 4 rings (SSSR count). The average molecular weight is 350 g/mol. The molecule has 0 radical (unpaired) electrons. The molecule has 1 aliphatic rings. The molecule has 0 amide bonds. The van der Waals surface area contributed by atoms with Gasteiger partial charge in [0.2, 0.25) is 5.95 Å². The number of nitrogens with one attached hydrogen (secondary N) is 2. The van der Waals surface area contributed by atoms with Crippen LogP contribution in [-0.4, -0.2) is 41.1 Å². The van der Waals surface area contributed by atoms with Crippen molar-refractivity contribution in [3.63, 3.8) is 0 Å². The van der Waals surface area contributed by atoms with Crippen LogP contribution in [0.3, 0.4) is 0 Å². The maximum absolute atomic E-state index is 13.3. The minimum absolute atomic E-state index is 0.307. The summed E-state index contributed by atoms with van der Waals surface area (Å²) >= 11 is 0. The molecule has 26 heavy (non-hydrogen) atoms. The van der Waals surface area contributed by atoms with Gasteiger partial charge in [-0.15, -0.1) is 0 Å². The number of pyridine rings is 1. The highest BCUT2D eigenvalue weighted by atomic mass is 19.1. The molecule has 2 N–H and O–H groups in total. The number of piperazine rings is 1. The zero-order chi connectivity index (χ0) is 17.8. The lowest BCUT2D eigenvalue weighted by Gasteiger charge is -2.28. The van der Waals surface area contributed by atoms with Gasteiger partial charge in [0.05, 0.1) is 5.69 Å². The highest BCUT2D eigenvalue weighted by molar-refractivity contribution is 5.62. The molecular weight excluding hydrogens is 331 g/mol. The van der Waals surface area contributed by atoms with Crippen molar-refractivity contribution in [1.82, 2.24) is 20.3 Å². The summed E-state index contributed by atoms with van der Waals surface area (Å²) in [6, 6.07) is 12.1. The Morgan fingerprint density at radius 1 is 1.04 bits per heavy atom. The lowest BCUT2D eigenvalue weighted by atomic mass is 10.2. The minimum Gasteiger partial charge on any atom is -0.354 e. The number of rotatable bonds is 4. The van der Waals surface area contributed by atoms with E-state index in [2.05, 4.69) is 30.5 Å². The van der Waals surface area contributed by atoms with Crippen molar-refractivity contribution < 1.29 is 4.39 Å². The Morgan fingerprint density at radius 2 is 1.92 bits per heavy atom. The first-order chi connectivity index (χ1) is 12.8. The van der Waals surface area contributed by atoms with Crippen LogP contribution in [0.15, 0.2) is 54.9 Å². The van der Waals surface area contributed by atoms with E-state index in [9.17, 15) is 4.39 Å². The Bertz CT molecular complexity index is 877. The van der Waals surface area contributed by atoms with Crippen molar-refractivity contribution in [3.05, 3.63) is 60.7 Å². The lowest BCUT2D eigenvalue weighted by molar-refractivity contribution is 0.585. The van der Waals surface area contributed by atoms with Crippen LogP contribution < -0.4 is 15.5 Å². The monoisotopic (exact) mass is 350 g/mol. The topological polar surface area (TPSA) is 66.0 Å². The molecule has 1 saturated heterocycles. The second kappa shape index (κ2) is 7.45. The maximum atomic E-state index is 13.3. The smallest absolute Gasteiger partial charge is 0.227 e. The third-order valence-corrected chi connectivity index (χ3v) is 4.22. The molecule has 7 heteroatoms. The van der Waals surface area contributed by atoms with E-state index >= 15 is 0 Å². The Morgan fingerprint density at radius 3 is 2.69 bits per heavy atom. The summed E-state index contributed by atoms with van der Waals surface area (Å²) in [4.78, 5) is 15.5. The zero-order valence-corrected chi connectivity index (χ0v) is 14.2. The molecule has 1 aromatic carbocycles. The van der Waals surface area contributed by atoms with E-state index < -0.39 is 0 Å². The van der Waals surface area contributed by atoms with Crippen LogP contribution in [0.5, 0.6) is 0 Å². The van der Waals surface area contributed by atoms with E-state index in [1.165, 1.54) is 12.1 Å². The number of anilines is 3. The molecular formula is C19H19FN6. The van der Waals surface area contributed by atoms with Gasteiger partial charge in [-0.2, -0.15) is 0 Å². The van der Waals surface area contributed by atoms with E-state index in [1.807, 2.05) is 24.4 Å². The van der Waals surface area contributed by atoms with Crippen LogP contribution in [0.4, 0.5) is 21.8 Å². The van der Waals surface area contributed by atoms with Crippen molar-refractivity contribution in [3.8, 4) is 11.3 Å². The standard InChI is InChI=1S/C19H19FN6/c20-15-2-1-3-16(12-15)24-19-22-7-6-17(25-19)14-4-5-18(23-13-14)26-10-8-21-9-11-26/h1-7,12-13,21H,8-11H2,(H,22,24,25). The van der Waals surface area contributed by atoms with E-state index in [-0.39, 0.29) is 5.82 Å².